The van der Waals surface area contributed by atoms with Crippen molar-refractivity contribution in [3.05, 3.63) is 58.1 Å². The van der Waals surface area contributed by atoms with Crippen molar-refractivity contribution in [2.45, 2.75) is 26.8 Å². The highest BCUT2D eigenvalue weighted by Gasteiger charge is 2.16. The number of amides is 1. The first-order valence-corrected chi connectivity index (χ1v) is 9.89. The van der Waals surface area contributed by atoms with Gasteiger partial charge in [-0.2, -0.15) is 4.99 Å². The van der Waals surface area contributed by atoms with Gasteiger partial charge in [-0.3, -0.25) is 9.59 Å². The zero-order chi connectivity index (χ0) is 21.0. The first kappa shape index (κ1) is 20.7. The van der Waals surface area contributed by atoms with Gasteiger partial charge in [0.2, 0.25) is 0 Å². The number of esters is 1. The summed E-state index contributed by atoms with van der Waals surface area (Å²) in [6.45, 7) is 3.60. The molecule has 0 spiro atoms. The van der Waals surface area contributed by atoms with E-state index < -0.39 is 17.7 Å². The second-order valence-electron chi connectivity index (χ2n) is 6.36. The summed E-state index contributed by atoms with van der Waals surface area (Å²) in [5, 5.41) is 0. The van der Waals surface area contributed by atoms with E-state index >= 15 is 0 Å². The highest BCUT2D eigenvalue weighted by Crippen LogP contribution is 2.22. The number of carbonyl (C=O) groups is 2. The number of aromatic nitrogens is 1. The molecule has 0 aliphatic rings. The number of methoxy groups -OCH3 is 1. The summed E-state index contributed by atoms with van der Waals surface area (Å²) in [4.78, 5) is 29.1. The lowest BCUT2D eigenvalue weighted by atomic mass is 10.1. The molecule has 29 heavy (non-hydrogen) atoms. The number of ether oxygens (including phenoxy) is 2. The lowest BCUT2D eigenvalue weighted by Gasteiger charge is -2.08. The van der Waals surface area contributed by atoms with Crippen LogP contribution < -0.4 is 9.54 Å². The molecular formula is C21H21FN2O4S. The van der Waals surface area contributed by atoms with E-state index in [9.17, 15) is 14.0 Å². The quantitative estimate of drug-likeness (QED) is 0.578. The van der Waals surface area contributed by atoms with Crippen molar-refractivity contribution in [1.82, 2.24) is 4.57 Å². The fourth-order valence-corrected chi connectivity index (χ4v) is 4.07. The molecular weight excluding hydrogens is 395 g/mol. The second-order valence-corrected chi connectivity index (χ2v) is 7.37. The average molecular weight is 416 g/mol. The third-order valence-electron chi connectivity index (χ3n) is 4.24. The van der Waals surface area contributed by atoms with Crippen LogP contribution in [0.3, 0.4) is 0 Å². The Kier molecular flexibility index (Phi) is 6.43. The van der Waals surface area contributed by atoms with Crippen LogP contribution in [0.1, 0.15) is 18.1 Å². The summed E-state index contributed by atoms with van der Waals surface area (Å²) in [5.41, 5.74) is 1.94. The van der Waals surface area contributed by atoms with Gasteiger partial charge in [-0.15, -0.1) is 0 Å². The van der Waals surface area contributed by atoms with E-state index in [2.05, 4.69) is 4.99 Å². The molecule has 3 aromatic rings. The molecule has 8 heteroatoms. The van der Waals surface area contributed by atoms with Crippen LogP contribution in [-0.2, 0) is 27.3 Å². The molecule has 0 atom stereocenters. The van der Waals surface area contributed by atoms with Crippen molar-refractivity contribution < 1.29 is 23.5 Å². The van der Waals surface area contributed by atoms with Crippen LogP contribution in [0.25, 0.3) is 10.2 Å². The maximum atomic E-state index is 14.4. The number of carbonyl (C=O) groups excluding carboxylic acids is 2. The Hall–Kier alpha value is -3.00. The van der Waals surface area contributed by atoms with E-state index in [4.69, 9.17) is 9.47 Å². The van der Waals surface area contributed by atoms with Gasteiger partial charge < -0.3 is 14.0 Å². The van der Waals surface area contributed by atoms with Crippen LogP contribution in [-0.4, -0.2) is 30.2 Å². The first-order valence-electron chi connectivity index (χ1n) is 9.07. The van der Waals surface area contributed by atoms with Crippen molar-refractivity contribution in [2.24, 2.45) is 4.99 Å². The van der Waals surface area contributed by atoms with Crippen molar-refractivity contribution in [3.63, 3.8) is 0 Å². The van der Waals surface area contributed by atoms with Gasteiger partial charge in [0.15, 0.2) is 4.80 Å². The van der Waals surface area contributed by atoms with Crippen LogP contribution in [0.15, 0.2) is 41.4 Å². The minimum Gasteiger partial charge on any atom is -0.496 e. The summed E-state index contributed by atoms with van der Waals surface area (Å²) in [7, 11) is 1.54. The average Bonchev–Trinajstić information content (AvgIpc) is 3.00. The smallest absolute Gasteiger partial charge is 0.326 e. The molecule has 0 radical (unpaired) electrons. The predicted octanol–water partition coefficient (Wildman–Crippen LogP) is 3.39. The zero-order valence-corrected chi connectivity index (χ0v) is 17.2. The van der Waals surface area contributed by atoms with E-state index in [0.717, 1.165) is 16.9 Å². The molecule has 6 nitrogen and oxygen atoms in total. The number of rotatable bonds is 6. The van der Waals surface area contributed by atoms with Crippen LogP contribution in [0.5, 0.6) is 5.75 Å². The lowest BCUT2D eigenvalue weighted by molar-refractivity contribution is -0.143. The highest BCUT2D eigenvalue weighted by molar-refractivity contribution is 7.16. The molecule has 0 aliphatic carbocycles. The number of benzene rings is 2. The van der Waals surface area contributed by atoms with E-state index in [0.29, 0.717) is 16.0 Å². The van der Waals surface area contributed by atoms with E-state index in [-0.39, 0.29) is 29.9 Å². The van der Waals surface area contributed by atoms with Gasteiger partial charge in [0.1, 0.15) is 18.1 Å². The molecule has 2 aromatic carbocycles. The van der Waals surface area contributed by atoms with Crippen LogP contribution in [0.2, 0.25) is 0 Å². The Bertz CT molecular complexity index is 1130. The Morgan fingerprint density at radius 3 is 2.76 bits per heavy atom. The number of aryl methyl sites for hydroxylation is 1. The molecule has 0 bridgehead atoms. The molecule has 1 aromatic heterocycles. The highest BCUT2D eigenvalue weighted by atomic mass is 32.1. The van der Waals surface area contributed by atoms with Crippen molar-refractivity contribution in [3.8, 4) is 5.75 Å². The van der Waals surface area contributed by atoms with Crippen LogP contribution in [0, 0.1) is 12.7 Å². The summed E-state index contributed by atoms with van der Waals surface area (Å²) in [5.74, 6) is -0.832. The Morgan fingerprint density at radius 2 is 2.03 bits per heavy atom. The van der Waals surface area contributed by atoms with Crippen LogP contribution in [0.4, 0.5) is 4.39 Å². The van der Waals surface area contributed by atoms with Crippen molar-refractivity contribution >= 4 is 33.4 Å². The summed E-state index contributed by atoms with van der Waals surface area (Å²) in [6, 6.07) is 10.2. The summed E-state index contributed by atoms with van der Waals surface area (Å²) in [6.07, 6.45) is 0.0288. The predicted molar refractivity (Wildman–Crippen MR) is 108 cm³/mol. The van der Waals surface area contributed by atoms with Gasteiger partial charge in [0.05, 0.1) is 30.4 Å². The van der Waals surface area contributed by atoms with Crippen molar-refractivity contribution in [2.75, 3.05) is 13.7 Å². The normalized spacial score (nSPS) is 11.7. The van der Waals surface area contributed by atoms with Gasteiger partial charge in [-0.05, 0) is 32.0 Å². The minimum atomic E-state index is -0.523. The van der Waals surface area contributed by atoms with Gasteiger partial charge in [0.25, 0.3) is 5.91 Å². The maximum absolute atomic E-state index is 14.4. The fourth-order valence-electron chi connectivity index (χ4n) is 3.01. The SMILES string of the molecule is CCOC(=O)Cn1c(=NC(=O)Cc2cc(C)ccc2OC)sc2cccc(F)c21. The third kappa shape index (κ3) is 4.71. The van der Waals surface area contributed by atoms with Gasteiger partial charge in [0, 0.05) is 5.56 Å². The van der Waals surface area contributed by atoms with Gasteiger partial charge in [-0.25, -0.2) is 4.39 Å². The number of nitrogens with zero attached hydrogens (tertiary/aromatic N) is 2. The molecule has 0 fully saturated rings. The van der Waals surface area contributed by atoms with Crippen LogP contribution >= 0.6 is 11.3 Å². The monoisotopic (exact) mass is 416 g/mol. The Balaban J connectivity index is 2.03. The second kappa shape index (κ2) is 9.00. The molecule has 1 amide bonds. The number of hydrogen-bond donors (Lipinski definition) is 0. The standard InChI is InChI=1S/C21H21FN2O4S/c1-4-28-19(26)12-24-20-15(22)6-5-7-17(20)29-21(24)23-18(25)11-14-10-13(2)8-9-16(14)27-3/h5-10H,4,11-12H2,1-3H3. The number of halogens is 1. The van der Waals surface area contributed by atoms with E-state index in [1.165, 1.54) is 17.7 Å². The summed E-state index contributed by atoms with van der Waals surface area (Å²) < 4.78 is 26.7. The molecule has 0 unspecified atom stereocenters. The molecule has 152 valence electrons. The molecule has 0 saturated carbocycles. The van der Waals surface area contributed by atoms with Crippen molar-refractivity contribution in [1.29, 1.82) is 0 Å². The number of hydrogen-bond acceptors (Lipinski definition) is 5. The van der Waals surface area contributed by atoms with Gasteiger partial charge >= 0.3 is 5.97 Å². The lowest BCUT2D eigenvalue weighted by Crippen LogP contribution is -2.23. The van der Waals surface area contributed by atoms with Gasteiger partial charge in [-0.1, -0.05) is 35.1 Å². The Morgan fingerprint density at radius 1 is 1.24 bits per heavy atom. The molecule has 1 heterocycles. The van der Waals surface area contributed by atoms with E-state index in [1.54, 1.807) is 25.1 Å². The molecule has 0 saturated heterocycles. The third-order valence-corrected chi connectivity index (χ3v) is 5.29. The topological polar surface area (TPSA) is 69.9 Å². The Labute approximate surface area is 171 Å². The molecule has 0 N–H and O–H groups in total. The number of thiazole rings is 1. The largest absolute Gasteiger partial charge is 0.496 e. The summed E-state index contributed by atoms with van der Waals surface area (Å²) >= 11 is 1.15. The van der Waals surface area contributed by atoms with E-state index in [1.807, 2.05) is 19.1 Å². The number of fused-ring (bicyclic) bond motifs is 1. The molecule has 3 rings (SSSR count). The minimum absolute atomic E-state index is 0.0288. The number of para-hydroxylation sites is 1. The first-order chi connectivity index (χ1) is 13.9. The zero-order valence-electron chi connectivity index (χ0n) is 16.4. The fraction of sp³-hybridized carbons (Fsp3) is 0.286. The maximum Gasteiger partial charge on any atom is 0.326 e. The molecule has 0 aliphatic heterocycles.